The van der Waals surface area contributed by atoms with Crippen LogP contribution in [0, 0.1) is 6.92 Å². The standard InChI is InChI=1S/C16H10O4/c1-8-2-3-9-11(6-8)14(17)10-4-5-12-16(20-7-19-12)13(10)15(9)18/h2-6H,7H2,1H3. The summed E-state index contributed by atoms with van der Waals surface area (Å²) in [5.41, 5.74) is 2.55. The summed E-state index contributed by atoms with van der Waals surface area (Å²) in [7, 11) is 0. The van der Waals surface area contributed by atoms with E-state index in [1.54, 1.807) is 24.3 Å². The Morgan fingerprint density at radius 2 is 1.70 bits per heavy atom. The predicted molar refractivity (Wildman–Crippen MR) is 70.6 cm³/mol. The molecule has 2 aromatic carbocycles. The third kappa shape index (κ3) is 1.30. The van der Waals surface area contributed by atoms with Crippen LogP contribution in [0.25, 0.3) is 0 Å². The third-order valence-electron chi connectivity index (χ3n) is 3.68. The largest absolute Gasteiger partial charge is 0.454 e. The molecule has 0 N–H and O–H groups in total. The number of ether oxygens (including phenoxy) is 2. The van der Waals surface area contributed by atoms with Crippen molar-refractivity contribution in [3.8, 4) is 11.5 Å². The summed E-state index contributed by atoms with van der Waals surface area (Å²) >= 11 is 0. The molecule has 0 saturated carbocycles. The molecule has 0 spiro atoms. The highest BCUT2D eigenvalue weighted by molar-refractivity contribution is 6.29. The summed E-state index contributed by atoms with van der Waals surface area (Å²) in [6.07, 6.45) is 0. The Morgan fingerprint density at radius 1 is 0.900 bits per heavy atom. The van der Waals surface area contributed by atoms with Crippen molar-refractivity contribution in [2.45, 2.75) is 6.92 Å². The summed E-state index contributed by atoms with van der Waals surface area (Å²) in [4.78, 5) is 25.2. The molecule has 0 aromatic heterocycles. The Bertz CT molecular complexity index is 789. The first kappa shape index (κ1) is 11.2. The molecule has 0 fully saturated rings. The van der Waals surface area contributed by atoms with E-state index in [4.69, 9.17) is 9.47 Å². The second-order valence-corrected chi connectivity index (χ2v) is 4.93. The summed E-state index contributed by atoms with van der Waals surface area (Å²) in [6, 6.07) is 8.59. The monoisotopic (exact) mass is 266 g/mol. The zero-order chi connectivity index (χ0) is 13.9. The number of carbonyl (C=O) groups is 2. The van der Waals surface area contributed by atoms with Gasteiger partial charge in [-0.05, 0) is 25.1 Å². The lowest BCUT2D eigenvalue weighted by atomic mass is 9.83. The Balaban J connectivity index is 2.03. The van der Waals surface area contributed by atoms with E-state index in [0.717, 1.165) is 5.56 Å². The van der Waals surface area contributed by atoms with Crippen LogP contribution in [0.3, 0.4) is 0 Å². The van der Waals surface area contributed by atoms with E-state index in [1.807, 2.05) is 13.0 Å². The highest BCUT2D eigenvalue weighted by Crippen LogP contribution is 2.41. The molecule has 98 valence electrons. The van der Waals surface area contributed by atoms with Gasteiger partial charge in [-0.2, -0.15) is 0 Å². The van der Waals surface area contributed by atoms with Crippen LogP contribution in [-0.4, -0.2) is 18.4 Å². The van der Waals surface area contributed by atoms with Gasteiger partial charge in [-0.25, -0.2) is 0 Å². The molecular formula is C16H10O4. The first-order valence-electron chi connectivity index (χ1n) is 6.29. The average molecular weight is 266 g/mol. The van der Waals surface area contributed by atoms with Gasteiger partial charge < -0.3 is 9.47 Å². The van der Waals surface area contributed by atoms with E-state index < -0.39 is 0 Å². The number of hydrogen-bond donors (Lipinski definition) is 0. The molecule has 0 saturated heterocycles. The lowest BCUT2D eigenvalue weighted by molar-refractivity contribution is 0.0975. The smallest absolute Gasteiger partial charge is 0.231 e. The first-order chi connectivity index (χ1) is 9.66. The first-order valence-corrected chi connectivity index (χ1v) is 6.29. The molecular weight excluding hydrogens is 256 g/mol. The molecule has 2 aromatic rings. The van der Waals surface area contributed by atoms with Gasteiger partial charge in [-0.15, -0.1) is 0 Å². The number of benzene rings is 2. The molecule has 4 heteroatoms. The van der Waals surface area contributed by atoms with Gasteiger partial charge in [0, 0.05) is 16.7 Å². The highest BCUT2D eigenvalue weighted by Gasteiger charge is 2.35. The molecule has 2 aliphatic rings. The Hall–Kier alpha value is -2.62. The Labute approximate surface area is 114 Å². The van der Waals surface area contributed by atoms with Crippen molar-refractivity contribution in [3.05, 3.63) is 58.1 Å². The fourth-order valence-corrected chi connectivity index (χ4v) is 2.71. The summed E-state index contributed by atoms with van der Waals surface area (Å²) in [5, 5.41) is 0. The number of ketones is 2. The lowest BCUT2D eigenvalue weighted by Crippen LogP contribution is -2.21. The molecule has 1 aliphatic heterocycles. The maximum absolute atomic E-state index is 12.6. The van der Waals surface area contributed by atoms with Gasteiger partial charge in [0.05, 0.1) is 5.56 Å². The molecule has 0 amide bonds. The minimum atomic E-state index is -0.183. The second kappa shape index (κ2) is 3.70. The summed E-state index contributed by atoms with van der Waals surface area (Å²) < 4.78 is 10.6. The van der Waals surface area contributed by atoms with E-state index in [0.29, 0.717) is 33.8 Å². The normalized spacial score (nSPS) is 15.1. The van der Waals surface area contributed by atoms with Gasteiger partial charge in [0.15, 0.2) is 23.1 Å². The molecule has 20 heavy (non-hydrogen) atoms. The fourth-order valence-electron chi connectivity index (χ4n) is 2.71. The minimum Gasteiger partial charge on any atom is -0.454 e. The van der Waals surface area contributed by atoms with Crippen molar-refractivity contribution in [1.82, 2.24) is 0 Å². The highest BCUT2D eigenvalue weighted by atomic mass is 16.7. The zero-order valence-electron chi connectivity index (χ0n) is 10.7. The van der Waals surface area contributed by atoms with Crippen LogP contribution in [0.15, 0.2) is 30.3 Å². The number of fused-ring (bicyclic) bond motifs is 4. The predicted octanol–water partition coefficient (Wildman–Crippen LogP) is 2.50. The fraction of sp³-hybridized carbons (Fsp3) is 0.125. The van der Waals surface area contributed by atoms with E-state index in [-0.39, 0.29) is 18.4 Å². The van der Waals surface area contributed by atoms with Crippen LogP contribution in [0.5, 0.6) is 11.5 Å². The van der Waals surface area contributed by atoms with E-state index in [1.165, 1.54) is 0 Å². The van der Waals surface area contributed by atoms with Gasteiger partial charge in [0.2, 0.25) is 6.79 Å². The third-order valence-corrected chi connectivity index (χ3v) is 3.68. The number of hydrogen-bond acceptors (Lipinski definition) is 4. The van der Waals surface area contributed by atoms with Crippen LogP contribution in [0.4, 0.5) is 0 Å². The Morgan fingerprint density at radius 3 is 2.55 bits per heavy atom. The van der Waals surface area contributed by atoms with Crippen molar-refractivity contribution in [2.24, 2.45) is 0 Å². The van der Waals surface area contributed by atoms with E-state index in [9.17, 15) is 9.59 Å². The van der Waals surface area contributed by atoms with Crippen LogP contribution in [0.1, 0.15) is 37.4 Å². The van der Waals surface area contributed by atoms with E-state index >= 15 is 0 Å². The summed E-state index contributed by atoms with van der Waals surface area (Å²) in [5.74, 6) is 0.570. The lowest BCUT2D eigenvalue weighted by Gasteiger charge is -2.18. The van der Waals surface area contributed by atoms with E-state index in [2.05, 4.69) is 0 Å². The molecule has 0 bridgehead atoms. The van der Waals surface area contributed by atoms with Crippen molar-refractivity contribution >= 4 is 11.6 Å². The average Bonchev–Trinajstić information content (AvgIpc) is 2.92. The SMILES string of the molecule is Cc1ccc2c(c1)C(=O)c1ccc3c(c1C2=O)OCO3. The molecule has 4 rings (SSSR count). The molecule has 0 atom stereocenters. The van der Waals surface area contributed by atoms with Crippen LogP contribution >= 0.6 is 0 Å². The van der Waals surface area contributed by atoms with Crippen molar-refractivity contribution in [2.75, 3.05) is 6.79 Å². The second-order valence-electron chi connectivity index (χ2n) is 4.93. The quantitative estimate of drug-likeness (QED) is 0.627. The van der Waals surface area contributed by atoms with Gasteiger partial charge in [-0.3, -0.25) is 9.59 Å². The van der Waals surface area contributed by atoms with Crippen molar-refractivity contribution < 1.29 is 19.1 Å². The number of carbonyl (C=O) groups excluding carboxylic acids is 2. The number of aryl methyl sites for hydroxylation is 1. The minimum absolute atomic E-state index is 0.0774. The molecule has 0 unspecified atom stereocenters. The van der Waals surface area contributed by atoms with Crippen molar-refractivity contribution in [1.29, 1.82) is 0 Å². The summed E-state index contributed by atoms with van der Waals surface area (Å²) in [6.45, 7) is 1.97. The molecule has 4 nitrogen and oxygen atoms in total. The maximum atomic E-state index is 12.6. The molecule has 1 heterocycles. The van der Waals surface area contributed by atoms with Crippen LogP contribution < -0.4 is 9.47 Å². The molecule has 1 aliphatic carbocycles. The van der Waals surface area contributed by atoms with Gasteiger partial charge >= 0.3 is 0 Å². The van der Waals surface area contributed by atoms with Gasteiger partial charge in [-0.1, -0.05) is 17.7 Å². The van der Waals surface area contributed by atoms with Gasteiger partial charge in [0.1, 0.15) is 0 Å². The maximum Gasteiger partial charge on any atom is 0.231 e. The topological polar surface area (TPSA) is 52.6 Å². The van der Waals surface area contributed by atoms with Crippen molar-refractivity contribution in [3.63, 3.8) is 0 Å². The van der Waals surface area contributed by atoms with Gasteiger partial charge in [0.25, 0.3) is 0 Å². The van der Waals surface area contributed by atoms with Crippen LogP contribution in [0.2, 0.25) is 0 Å². The zero-order valence-corrected chi connectivity index (χ0v) is 10.7. The molecule has 0 radical (unpaired) electrons. The Kier molecular flexibility index (Phi) is 2.07. The number of rotatable bonds is 0. The van der Waals surface area contributed by atoms with Crippen LogP contribution in [-0.2, 0) is 0 Å².